The first-order valence-corrected chi connectivity index (χ1v) is 8.58. The summed E-state index contributed by atoms with van der Waals surface area (Å²) >= 11 is 0. The van der Waals surface area contributed by atoms with Gasteiger partial charge in [0.1, 0.15) is 17.5 Å². The van der Waals surface area contributed by atoms with Gasteiger partial charge in [0, 0.05) is 23.8 Å². The van der Waals surface area contributed by atoms with Crippen LogP contribution >= 0.6 is 0 Å². The molecule has 0 radical (unpaired) electrons. The highest BCUT2D eigenvalue weighted by Gasteiger charge is 2.37. The SMILES string of the molecule is CN1/C(=C/C=C(\C#N)C(=O)Nc2ccccc2F)C(C)(C)c2ccccc21. The highest BCUT2D eigenvalue weighted by molar-refractivity contribution is 6.06. The normalized spacial score (nSPS) is 16.8. The topological polar surface area (TPSA) is 56.1 Å². The Morgan fingerprint density at radius 1 is 1.19 bits per heavy atom. The van der Waals surface area contributed by atoms with E-state index in [1.165, 1.54) is 29.8 Å². The molecule has 136 valence electrons. The van der Waals surface area contributed by atoms with E-state index in [4.69, 9.17) is 0 Å². The number of fused-ring (bicyclic) bond motifs is 1. The average molecular weight is 361 g/mol. The lowest BCUT2D eigenvalue weighted by Gasteiger charge is -2.23. The fraction of sp³-hybridized carbons (Fsp3) is 0.182. The van der Waals surface area contributed by atoms with Gasteiger partial charge in [0.25, 0.3) is 5.91 Å². The molecule has 3 rings (SSSR count). The van der Waals surface area contributed by atoms with Gasteiger partial charge in [0.2, 0.25) is 0 Å². The highest BCUT2D eigenvalue weighted by atomic mass is 19.1. The quantitative estimate of drug-likeness (QED) is 0.646. The fourth-order valence-electron chi connectivity index (χ4n) is 3.38. The summed E-state index contributed by atoms with van der Waals surface area (Å²) < 4.78 is 13.7. The second kappa shape index (κ2) is 7.08. The van der Waals surface area contributed by atoms with E-state index in [1.807, 2.05) is 31.3 Å². The van der Waals surface area contributed by atoms with Crippen molar-refractivity contribution in [2.75, 3.05) is 17.3 Å². The maximum atomic E-state index is 13.7. The van der Waals surface area contributed by atoms with E-state index in [0.717, 1.165) is 11.4 Å². The van der Waals surface area contributed by atoms with Gasteiger partial charge in [-0.3, -0.25) is 4.79 Å². The van der Waals surface area contributed by atoms with Gasteiger partial charge in [-0.2, -0.15) is 5.26 Å². The minimum Gasteiger partial charge on any atom is -0.347 e. The van der Waals surface area contributed by atoms with Crippen molar-refractivity contribution in [3.05, 3.63) is 83.3 Å². The molecule has 1 aliphatic heterocycles. The Hall–Kier alpha value is -3.39. The van der Waals surface area contributed by atoms with Crippen molar-refractivity contribution in [1.29, 1.82) is 5.26 Å². The number of nitrogens with zero attached hydrogens (tertiary/aromatic N) is 2. The molecule has 1 heterocycles. The van der Waals surface area contributed by atoms with E-state index >= 15 is 0 Å². The number of para-hydroxylation sites is 2. The molecule has 0 saturated carbocycles. The van der Waals surface area contributed by atoms with Gasteiger partial charge >= 0.3 is 0 Å². The van der Waals surface area contributed by atoms with Crippen molar-refractivity contribution in [3.8, 4) is 6.07 Å². The number of hydrogen-bond acceptors (Lipinski definition) is 3. The Balaban J connectivity index is 1.90. The summed E-state index contributed by atoms with van der Waals surface area (Å²) in [7, 11) is 1.96. The number of likely N-dealkylation sites (N-methyl/N-ethyl adjacent to an activating group) is 1. The van der Waals surface area contributed by atoms with Crippen LogP contribution in [0.15, 0.2) is 72.0 Å². The summed E-state index contributed by atoms with van der Waals surface area (Å²) in [5.41, 5.74) is 2.94. The molecule has 0 unspecified atom stereocenters. The molecule has 0 saturated heterocycles. The summed E-state index contributed by atoms with van der Waals surface area (Å²) in [4.78, 5) is 14.4. The zero-order valence-electron chi connectivity index (χ0n) is 15.5. The van der Waals surface area contributed by atoms with Crippen LogP contribution in [0.4, 0.5) is 15.8 Å². The lowest BCUT2D eigenvalue weighted by Crippen LogP contribution is -2.22. The van der Waals surface area contributed by atoms with E-state index in [2.05, 4.69) is 30.1 Å². The fourth-order valence-corrected chi connectivity index (χ4v) is 3.38. The number of benzene rings is 2. The molecule has 0 bridgehead atoms. The van der Waals surface area contributed by atoms with Gasteiger partial charge in [-0.05, 0) is 35.9 Å². The highest BCUT2D eigenvalue weighted by Crippen LogP contribution is 2.46. The van der Waals surface area contributed by atoms with Crippen LogP contribution in [0.2, 0.25) is 0 Å². The van der Waals surface area contributed by atoms with Crippen molar-refractivity contribution in [3.63, 3.8) is 0 Å². The maximum absolute atomic E-state index is 13.7. The Labute approximate surface area is 158 Å². The van der Waals surface area contributed by atoms with Crippen LogP contribution in [-0.2, 0) is 10.2 Å². The van der Waals surface area contributed by atoms with E-state index < -0.39 is 11.7 Å². The monoisotopic (exact) mass is 361 g/mol. The third-order valence-corrected chi connectivity index (χ3v) is 4.84. The van der Waals surface area contributed by atoms with Gasteiger partial charge in [0.05, 0.1) is 5.69 Å². The molecule has 0 aliphatic carbocycles. The summed E-state index contributed by atoms with van der Waals surface area (Å²) in [6.07, 6.45) is 3.26. The first-order valence-electron chi connectivity index (χ1n) is 8.58. The van der Waals surface area contributed by atoms with Crippen molar-refractivity contribution >= 4 is 17.3 Å². The lowest BCUT2D eigenvalue weighted by molar-refractivity contribution is -0.112. The van der Waals surface area contributed by atoms with Crippen LogP contribution in [0.5, 0.6) is 0 Å². The molecule has 1 amide bonds. The Morgan fingerprint density at radius 3 is 2.52 bits per heavy atom. The molecular formula is C22H20FN3O. The van der Waals surface area contributed by atoms with Crippen LogP contribution in [0.25, 0.3) is 0 Å². The van der Waals surface area contributed by atoms with E-state index in [1.54, 1.807) is 12.1 Å². The van der Waals surface area contributed by atoms with Crippen LogP contribution in [0.1, 0.15) is 19.4 Å². The third-order valence-electron chi connectivity index (χ3n) is 4.84. The van der Waals surface area contributed by atoms with Crippen molar-refractivity contribution in [1.82, 2.24) is 0 Å². The smallest absolute Gasteiger partial charge is 0.266 e. The number of allylic oxidation sites excluding steroid dienone is 3. The van der Waals surface area contributed by atoms with Gasteiger partial charge in [0.15, 0.2) is 0 Å². The molecule has 2 aromatic rings. The standard InChI is InChI=1S/C22H20FN3O/c1-22(2)16-8-4-7-11-19(16)26(3)20(22)13-12-15(14-24)21(27)25-18-10-6-5-9-17(18)23/h4-13H,1-3H3,(H,25,27)/b15-12+,20-13+. The Bertz CT molecular complexity index is 999. The molecule has 4 nitrogen and oxygen atoms in total. The van der Waals surface area contributed by atoms with Crippen molar-refractivity contribution in [2.24, 2.45) is 0 Å². The molecule has 0 atom stereocenters. The second-order valence-electron chi connectivity index (χ2n) is 6.88. The van der Waals surface area contributed by atoms with Gasteiger partial charge in [-0.25, -0.2) is 4.39 Å². The molecule has 2 aromatic carbocycles. The number of carbonyl (C=O) groups excluding carboxylic acids is 1. The molecule has 1 N–H and O–H groups in total. The van der Waals surface area contributed by atoms with Crippen molar-refractivity contribution in [2.45, 2.75) is 19.3 Å². The second-order valence-corrected chi connectivity index (χ2v) is 6.88. The number of rotatable bonds is 3. The largest absolute Gasteiger partial charge is 0.347 e. The van der Waals surface area contributed by atoms with Crippen LogP contribution in [-0.4, -0.2) is 13.0 Å². The molecule has 5 heteroatoms. The first-order chi connectivity index (χ1) is 12.9. The number of amides is 1. The number of halogens is 1. The zero-order valence-corrected chi connectivity index (χ0v) is 15.5. The number of anilines is 2. The van der Waals surface area contributed by atoms with Crippen LogP contribution < -0.4 is 10.2 Å². The van der Waals surface area contributed by atoms with Gasteiger partial charge < -0.3 is 10.2 Å². The number of hydrogen-bond donors (Lipinski definition) is 1. The number of carbonyl (C=O) groups is 1. The van der Waals surface area contributed by atoms with E-state index in [-0.39, 0.29) is 16.7 Å². The average Bonchev–Trinajstić information content (AvgIpc) is 2.85. The summed E-state index contributed by atoms with van der Waals surface area (Å²) in [5, 5.41) is 11.8. The van der Waals surface area contributed by atoms with Crippen molar-refractivity contribution < 1.29 is 9.18 Å². The molecule has 0 spiro atoms. The predicted molar refractivity (Wildman–Crippen MR) is 105 cm³/mol. The third kappa shape index (κ3) is 3.34. The number of nitrogens with one attached hydrogen (secondary N) is 1. The summed E-state index contributed by atoms with van der Waals surface area (Å²) in [6, 6.07) is 15.8. The van der Waals surface area contributed by atoms with E-state index in [0.29, 0.717) is 0 Å². The zero-order chi connectivity index (χ0) is 19.6. The molecular weight excluding hydrogens is 341 g/mol. The van der Waals surface area contributed by atoms with Gasteiger partial charge in [-0.15, -0.1) is 0 Å². The summed E-state index contributed by atoms with van der Waals surface area (Å²) in [5.74, 6) is -1.19. The molecule has 0 aromatic heterocycles. The van der Waals surface area contributed by atoms with E-state index in [9.17, 15) is 14.4 Å². The Morgan fingerprint density at radius 2 is 1.85 bits per heavy atom. The van der Waals surface area contributed by atoms with Crippen LogP contribution in [0, 0.1) is 17.1 Å². The summed E-state index contributed by atoms with van der Waals surface area (Å²) in [6.45, 7) is 4.20. The maximum Gasteiger partial charge on any atom is 0.266 e. The number of nitriles is 1. The Kier molecular flexibility index (Phi) is 4.83. The van der Waals surface area contributed by atoms with Crippen LogP contribution in [0.3, 0.4) is 0 Å². The predicted octanol–water partition coefficient (Wildman–Crippen LogP) is 4.53. The molecule has 27 heavy (non-hydrogen) atoms. The molecule has 0 fully saturated rings. The lowest BCUT2D eigenvalue weighted by atomic mass is 9.83. The van der Waals surface area contributed by atoms with Gasteiger partial charge in [-0.1, -0.05) is 44.2 Å². The minimum atomic E-state index is -0.643. The first kappa shape index (κ1) is 18.4. The minimum absolute atomic E-state index is 0.0435. The molecule has 1 aliphatic rings.